The number of amides is 1. The third-order valence-corrected chi connectivity index (χ3v) is 8.58. The second kappa shape index (κ2) is 7.90. The maximum Gasteiger partial charge on any atom is 0.257 e. The highest BCUT2D eigenvalue weighted by Gasteiger charge is 2.32. The number of sulfonamides is 1. The molecule has 1 saturated heterocycles. The molecular formula is C18H21BrN2O4S2. The third kappa shape index (κ3) is 4.21. The van der Waals surface area contributed by atoms with E-state index in [2.05, 4.69) is 15.9 Å². The van der Waals surface area contributed by atoms with Gasteiger partial charge in [0.15, 0.2) is 0 Å². The van der Waals surface area contributed by atoms with Crippen LogP contribution in [0.25, 0.3) is 0 Å². The van der Waals surface area contributed by atoms with E-state index in [1.165, 1.54) is 21.7 Å². The number of benzene rings is 1. The number of aromatic hydroxyl groups is 1. The zero-order valence-corrected chi connectivity index (χ0v) is 18.3. The highest BCUT2D eigenvalue weighted by Crippen LogP contribution is 2.29. The zero-order chi connectivity index (χ0) is 19.8. The number of halogens is 1. The van der Waals surface area contributed by atoms with E-state index in [-0.39, 0.29) is 53.5 Å². The molecule has 1 fully saturated rings. The van der Waals surface area contributed by atoms with Crippen molar-refractivity contribution in [1.29, 1.82) is 0 Å². The highest BCUT2D eigenvalue weighted by atomic mass is 79.9. The van der Waals surface area contributed by atoms with Crippen LogP contribution in [0.5, 0.6) is 5.75 Å². The molecule has 1 amide bonds. The summed E-state index contributed by atoms with van der Waals surface area (Å²) in [6, 6.07) is 8.35. The molecule has 0 spiro atoms. The molecule has 0 saturated carbocycles. The average molecular weight is 473 g/mol. The second-order valence-corrected chi connectivity index (χ2v) is 11.3. The largest absolute Gasteiger partial charge is 0.507 e. The zero-order valence-electron chi connectivity index (χ0n) is 15.1. The van der Waals surface area contributed by atoms with Gasteiger partial charge in [-0.1, -0.05) is 19.9 Å². The van der Waals surface area contributed by atoms with E-state index < -0.39 is 10.0 Å². The number of carbonyl (C=O) groups excluding carboxylic acids is 1. The molecule has 9 heteroatoms. The Balaban J connectivity index is 1.72. The standard InChI is InChI=1S/C18H21BrN2O4S2/c1-12(2)13-3-4-15(22)14(11-13)18(23)20-7-9-21(10-8-20)27(24,25)17-6-5-16(19)26-17/h3-6,11-12,22H,7-10H2,1-2H3. The molecule has 146 valence electrons. The van der Waals surface area contributed by atoms with Gasteiger partial charge >= 0.3 is 0 Å². The van der Waals surface area contributed by atoms with Crippen molar-refractivity contribution >= 4 is 43.2 Å². The van der Waals surface area contributed by atoms with Crippen molar-refractivity contribution in [3.8, 4) is 5.75 Å². The van der Waals surface area contributed by atoms with Crippen LogP contribution in [0.1, 0.15) is 35.7 Å². The summed E-state index contributed by atoms with van der Waals surface area (Å²) in [5.41, 5.74) is 1.24. The number of nitrogens with zero attached hydrogens (tertiary/aromatic N) is 2. The fraction of sp³-hybridized carbons (Fsp3) is 0.389. The molecule has 0 aliphatic carbocycles. The van der Waals surface area contributed by atoms with Gasteiger partial charge in [0.2, 0.25) is 0 Å². The maximum atomic E-state index is 12.8. The Kier molecular flexibility index (Phi) is 5.95. The van der Waals surface area contributed by atoms with Gasteiger partial charge in [0.05, 0.1) is 9.35 Å². The van der Waals surface area contributed by atoms with Crippen LogP contribution in [0.2, 0.25) is 0 Å². The molecule has 0 radical (unpaired) electrons. The van der Waals surface area contributed by atoms with Crippen molar-refractivity contribution in [2.45, 2.75) is 24.0 Å². The average Bonchev–Trinajstić information content (AvgIpc) is 3.08. The van der Waals surface area contributed by atoms with Gasteiger partial charge in [0, 0.05) is 26.2 Å². The number of piperazine rings is 1. The Morgan fingerprint density at radius 2 is 1.81 bits per heavy atom. The number of carbonyl (C=O) groups is 1. The molecule has 1 aliphatic heterocycles. The molecule has 0 bridgehead atoms. The Bertz CT molecular complexity index is 948. The van der Waals surface area contributed by atoms with Gasteiger partial charge in [-0.05, 0) is 51.7 Å². The van der Waals surface area contributed by atoms with Crippen LogP contribution in [0.4, 0.5) is 0 Å². The lowest BCUT2D eigenvalue weighted by molar-refractivity contribution is 0.0695. The molecule has 2 heterocycles. The molecule has 0 unspecified atom stereocenters. The van der Waals surface area contributed by atoms with Crippen molar-refractivity contribution in [3.05, 3.63) is 45.2 Å². The van der Waals surface area contributed by atoms with Gasteiger partial charge in [-0.3, -0.25) is 4.79 Å². The van der Waals surface area contributed by atoms with Gasteiger partial charge in [0.25, 0.3) is 15.9 Å². The number of phenols is 1. The van der Waals surface area contributed by atoms with Crippen LogP contribution in [0.15, 0.2) is 38.3 Å². The van der Waals surface area contributed by atoms with Crippen LogP contribution in [0.3, 0.4) is 0 Å². The fourth-order valence-electron chi connectivity index (χ4n) is 2.95. The van der Waals surface area contributed by atoms with E-state index in [0.29, 0.717) is 0 Å². The number of phenolic OH excluding ortho intramolecular Hbond substituents is 1. The first-order chi connectivity index (χ1) is 12.7. The molecule has 1 aliphatic rings. The minimum absolute atomic E-state index is 0.0529. The molecule has 1 aromatic heterocycles. The van der Waals surface area contributed by atoms with Crippen LogP contribution >= 0.6 is 27.3 Å². The SMILES string of the molecule is CC(C)c1ccc(O)c(C(=O)N2CCN(S(=O)(=O)c3ccc(Br)s3)CC2)c1. The Labute approximate surface area is 171 Å². The minimum atomic E-state index is -3.55. The molecule has 1 N–H and O–H groups in total. The molecule has 6 nitrogen and oxygen atoms in total. The number of hydrogen-bond acceptors (Lipinski definition) is 5. The van der Waals surface area contributed by atoms with Crippen molar-refractivity contribution in [1.82, 2.24) is 9.21 Å². The second-order valence-electron chi connectivity index (χ2n) is 6.69. The maximum absolute atomic E-state index is 12.8. The van der Waals surface area contributed by atoms with Gasteiger partial charge in [-0.25, -0.2) is 8.42 Å². The van der Waals surface area contributed by atoms with Crippen LogP contribution in [-0.2, 0) is 10.0 Å². The smallest absolute Gasteiger partial charge is 0.257 e. The number of rotatable bonds is 4. The topological polar surface area (TPSA) is 77.9 Å². The molecule has 3 rings (SSSR count). The lowest BCUT2D eigenvalue weighted by Crippen LogP contribution is -2.50. The molecule has 0 atom stereocenters. The monoisotopic (exact) mass is 472 g/mol. The lowest BCUT2D eigenvalue weighted by atomic mass is 9.99. The summed E-state index contributed by atoms with van der Waals surface area (Å²) in [4.78, 5) is 14.4. The molecule has 1 aromatic carbocycles. The van der Waals surface area contributed by atoms with Crippen LogP contribution in [0, 0.1) is 0 Å². The van der Waals surface area contributed by atoms with Crippen molar-refractivity contribution < 1.29 is 18.3 Å². The Hall–Kier alpha value is -1.42. The highest BCUT2D eigenvalue weighted by molar-refractivity contribution is 9.11. The first-order valence-electron chi connectivity index (χ1n) is 8.58. The van der Waals surface area contributed by atoms with E-state index >= 15 is 0 Å². The summed E-state index contributed by atoms with van der Waals surface area (Å²) in [6.45, 7) is 5.08. The van der Waals surface area contributed by atoms with Crippen molar-refractivity contribution in [2.24, 2.45) is 0 Å². The van der Waals surface area contributed by atoms with Gasteiger partial charge < -0.3 is 10.0 Å². The van der Waals surface area contributed by atoms with E-state index in [9.17, 15) is 18.3 Å². The summed E-state index contributed by atoms with van der Waals surface area (Å²) in [6.07, 6.45) is 0. The van der Waals surface area contributed by atoms with Gasteiger partial charge in [-0.2, -0.15) is 4.31 Å². The van der Waals surface area contributed by atoms with E-state index in [1.807, 2.05) is 13.8 Å². The van der Waals surface area contributed by atoms with E-state index in [0.717, 1.165) is 9.35 Å². The van der Waals surface area contributed by atoms with Gasteiger partial charge in [0.1, 0.15) is 9.96 Å². The summed E-state index contributed by atoms with van der Waals surface area (Å²) in [7, 11) is -3.55. The first-order valence-corrected chi connectivity index (χ1v) is 11.6. The number of thiophene rings is 1. The summed E-state index contributed by atoms with van der Waals surface area (Å²) in [5.74, 6) is -0.0851. The predicted molar refractivity (Wildman–Crippen MR) is 109 cm³/mol. The van der Waals surface area contributed by atoms with Crippen molar-refractivity contribution in [3.63, 3.8) is 0 Å². The lowest BCUT2D eigenvalue weighted by Gasteiger charge is -2.34. The van der Waals surface area contributed by atoms with Gasteiger partial charge in [-0.15, -0.1) is 11.3 Å². The fourth-order valence-corrected chi connectivity index (χ4v) is 6.54. The van der Waals surface area contributed by atoms with E-state index in [4.69, 9.17) is 0 Å². The van der Waals surface area contributed by atoms with E-state index in [1.54, 1.807) is 29.2 Å². The normalized spacial score (nSPS) is 16.1. The molecular weight excluding hydrogens is 452 g/mol. The van der Waals surface area contributed by atoms with Crippen molar-refractivity contribution in [2.75, 3.05) is 26.2 Å². The Morgan fingerprint density at radius 1 is 1.15 bits per heavy atom. The molecule has 2 aromatic rings. The summed E-state index contributed by atoms with van der Waals surface area (Å²) >= 11 is 4.46. The quantitative estimate of drug-likeness (QED) is 0.738. The third-order valence-electron chi connectivity index (χ3n) is 4.59. The van der Waals surface area contributed by atoms with Crippen LogP contribution < -0.4 is 0 Å². The summed E-state index contributed by atoms with van der Waals surface area (Å²) < 4.78 is 27.8. The predicted octanol–water partition coefficient (Wildman–Crippen LogP) is 3.49. The van der Waals surface area contributed by atoms with Crippen LogP contribution in [-0.4, -0.2) is 54.8 Å². The Morgan fingerprint density at radius 3 is 2.37 bits per heavy atom. The number of hydrogen-bond donors (Lipinski definition) is 1. The minimum Gasteiger partial charge on any atom is -0.507 e. The first kappa shape index (κ1) is 20.3. The molecule has 27 heavy (non-hydrogen) atoms. The summed E-state index contributed by atoms with van der Waals surface area (Å²) in [5, 5.41) is 10.1.